The Labute approximate surface area is 167 Å². The molecule has 0 amide bonds. The summed E-state index contributed by atoms with van der Waals surface area (Å²) in [6, 6.07) is 2.92. The lowest BCUT2D eigenvalue weighted by Crippen LogP contribution is -2.30. The third-order valence-corrected chi connectivity index (χ3v) is 4.32. The minimum absolute atomic E-state index is 0.0474. The molecule has 1 aromatic carbocycles. The van der Waals surface area contributed by atoms with Gasteiger partial charge in [-0.05, 0) is 32.0 Å². The Hall–Kier alpha value is -2.75. The molecule has 29 heavy (non-hydrogen) atoms. The molecular weight excluding hydrogens is 419 g/mol. The van der Waals surface area contributed by atoms with Crippen molar-refractivity contribution in [3.8, 4) is 17.1 Å². The normalized spacial score (nSPS) is 12.3. The molecule has 0 aliphatic rings. The number of ether oxygens (including phenoxy) is 1. The molecule has 0 aliphatic heterocycles. The van der Waals surface area contributed by atoms with Crippen LogP contribution in [0.2, 0.25) is 5.02 Å². The number of halogens is 6. The fraction of sp³-hybridized carbons (Fsp3) is 0.278. The van der Waals surface area contributed by atoms with Gasteiger partial charge in [-0.25, -0.2) is 8.78 Å². The molecule has 154 valence electrons. The van der Waals surface area contributed by atoms with Crippen LogP contribution in [0.25, 0.3) is 11.4 Å². The molecule has 0 saturated heterocycles. The summed E-state index contributed by atoms with van der Waals surface area (Å²) in [5, 5.41) is 7.56. The van der Waals surface area contributed by atoms with Gasteiger partial charge in [0.2, 0.25) is 0 Å². The number of aromatic nitrogens is 4. The van der Waals surface area contributed by atoms with Gasteiger partial charge in [-0.2, -0.15) is 13.2 Å². The van der Waals surface area contributed by atoms with Gasteiger partial charge < -0.3 is 9.30 Å². The second-order valence-corrected chi connectivity index (χ2v) is 7.07. The fourth-order valence-corrected chi connectivity index (χ4v) is 3.02. The Morgan fingerprint density at radius 1 is 1.07 bits per heavy atom. The highest BCUT2D eigenvalue weighted by atomic mass is 35.5. The zero-order chi connectivity index (χ0) is 21.6. The van der Waals surface area contributed by atoms with Crippen molar-refractivity contribution in [2.45, 2.75) is 25.6 Å². The van der Waals surface area contributed by atoms with Crippen molar-refractivity contribution >= 4 is 11.6 Å². The van der Waals surface area contributed by atoms with E-state index in [9.17, 15) is 22.0 Å². The van der Waals surface area contributed by atoms with E-state index >= 15 is 0 Å². The van der Waals surface area contributed by atoms with E-state index in [-0.39, 0.29) is 22.2 Å². The van der Waals surface area contributed by atoms with Crippen molar-refractivity contribution in [2.24, 2.45) is 7.05 Å². The molecule has 0 aliphatic carbocycles. The summed E-state index contributed by atoms with van der Waals surface area (Å²) in [5.74, 6) is -2.81. The van der Waals surface area contributed by atoms with E-state index < -0.39 is 34.7 Å². The highest BCUT2D eigenvalue weighted by Gasteiger charge is 2.37. The van der Waals surface area contributed by atoms with Gasteiger partial charge in [0.25, 0.3) is 0 Å². The molecule has 0 saturated carbocycles. The number of hydrogen-bond acceptors (Lipinski definition) is 4. The molecule has 3 aromatic rings. The van der Waals surface area contributed by atoms with E-state index in [1.54, 1.807) is 0 Å². The van der Waals surface area contributed by atoms with Gasteiger partial charge in [0.15, 0.2) is 34.6 Å². The van der Waals surface area contributed by atoms with E-state index in [4.69, 9.17) is 16.3 Å². The number of rotatable bonds is 4. The summed E-state index contributed by atoms with van der Waals surface area (Å²) in [6.45, 7) is 2.90. The summed E-state index contributed by atoms with van der Waals surface area (Å²) in [6.07, 6.45) is -2.78. The molecule has 0 atom stereocenters. The Bertz CT molecular complexity index is 1040. The van der Waals surface area contributed by atoms with Crippen LogP contribution < -0.4 is 4.74 Å². The van der Waals surface area contributed by atoms with E-state index in [0.29, 0.717) is 6.20 Å². The predicted molar refractivity (Wildman–Crippen MR) is 94.3 cm³/mol. The van der Waals surface area contributed by atoms with Crippen molar-refractivity contribution in [3.63, 3.8) is 0 Å². The Kier molecular flexibility index (Phi) is 5.24. The van der Waals surface area contributed by atoms with E-state index in [1.807, 2.05) is 0 Å². The molecule has 2 heterocycles. The zero-order valence-corrected chi connectivity index (χ0v) is 16.1. The van der Waals surface area contributed by atoms with Gasteiger partial charge in [-0.1, -0.05) is 11.6 Å². The lowest BCUT2D eigenvalue weighted by molar-refractivity contribution is -0.137. The fourth-order valence-electron chi connectivity index (χ4n) is 2.83. The van der Waals surface area contributed by atoms with Crippen LogP contribution in [0.1, 0.15) is 25.2 Å². The summed E-state index contributed by atoms with van der Waals surface area (Å²) in [7, 11) is 1.42. The van der Waals surface area contributed by atoms with Crippen LogP contribution in [0.5, 0.6) is 5.75 Å². The molecule has 0 unspecified atom stereocenters. The van der Waals surface area contributed by atoms with Crippen LogP contribution in [0.3, 0.4) is 0 Å². The van der Waals surface area contributed by atoms with Crippen LogP contribution >= 0.6 is 11.6 Å². The number of pyridine rings is 1. The summed E-state index contributed by atoms with van der Waals surface area (Å²) < 4.78 is 74.8. The van der Waals surface area contributed by atoms with Gasteiger partial charge in [0.05, 0.1) is 5.56 Å². The van der Waals surface area contributed by atoms with Crippen molar-refractivity contribution in [1.29, 1.82) is 0 Å². The first-order valence-electron chi connectivity index (χ1n) is 8.17. The minimum atomic E-state index is -4.66. The Morgan fingerprint density at radius 2 is 1.69 bits per heavy atom. The van der Waals surface area contributed by atoms with Gasteiger partial charge >= 0.3 is 6.18 Å². The van der Waals surface area contributed by atoms with Crippen molar-refractivity contribution in [3.05, 3.63) is 58.6 Å². The number of benzene rings is 1. The van der Waals surface area contributed by atoms with Crippen LogP contribution in [0.4, 0.5) is 22.0 Å². The van der Waals surface area contributed by atoms with E-state index in [1.165, 1.54) is 31.7 Å². The smallest absolute Gasteiger partial charge is 0.418 e. The largest absolute Gasteiger partial charge is 0.474 e. The third-order valence-electron chi connectivity index (χ3n) is 4.10. The zero-order valence-electron chi connectivity index (χ0n) is 15.4. The van der Waals surface area contributed by atoms with Crippen LogP contribution in [0, 0.1) is 11.6 Å². The second kappa shape index (κ2) is 7.25. The molecule has 11 heteroatoms. The number of hydrogen-bond donors (Lipinski definition) is 0. The maximum absolute atomic E-state index is 14.1. The third kappa shape index (κ3) is 4.02. The van der Waals surface area contributed by atoms with Gasteiger partial charge in [0, 0.05) is 30.0 Å². The highest BCUT2D eigenvalue weighted by Crippen LogP contribution is 2.37. The minimum Gasteiger partial charge on any atom is -0.474 e. The maximum Gasteiger partial charge on any atom is 0.418 e. The van der Waals surface area contributed by atoms with Gasteiger partial charge in [0.1, 0.15) is 0 Å². The molecule has 0 N–H and O–H groups in total. The lowest BCUT2D eigenvalue weighted by atomic mass is 10.1. The standard InChI is InChI=1S/C18H14ClF5N4O/c1-17(2,29-14-12(20)6-9(19)7-13(14)21)16-27-26-15(28(16)3)10-4-5-25-8-11(10)18(22,23)24/h4-8H,1-3H3. The van der Waals surface area contributed by atoms with Gasteiger partial charge in [-0.15, -0.1) is 10.2 Å². The molecule has 0 spiro atoms. The average Bonchev–Trinajstić information content (AvgIpc) is 3.00. The van der Waals surface area contributed by atoms with E-state index in [0.717, 1.165) is 18.2 Å². The quantitative estimate of drug-likeness (QED) is 0.536. The first-order chi connectivity index (χ1) is 13.4. The second-order valence-electron chi connectivity index (χ2n) is 6.64. The first kappa shape index (κ1) is 21.0. The average molecular weight is 433 g/mol. The van der Waals surface area contributed by atoms with Crippen molar-refractivity contribution in [2.75, 3.05) is 0 Å². The first-order valence-corrected chi connectivity index (χ1v) is 8.54. The van der Waals surface area contributed by atoms with E-state index in [2.05, 4.69) is 15.2 Å². The maximum atomic E-state index is 14.1. The lowest BCUT2D eigenvalue weighted by Gasteiger charge is -2.26. The monoisotopic (exact) mass is 432 g/mol. The van der Waals surface area contributed by atoms with Crippen molar-refractivity contribution < 1.29 is 26.7 Å². The molecule has 5 nitrogen and oxygen atoms in total. The van der Waals surface area contributed by atoms with Crippen molar-refractivity contribution in [1.82, 2.24) is 19.7 Å². The molecule has 0 bridgehead atoms. The van der Waals surface area contributed by atoms with Gasteiger partial charge in [-0.3, -0.25) is 4.98 Å². The Balaban J connectivity index is 2.04. The predicted octanol–water partition coefficient (Wildman–Crippen LogP) is 5.14. The topological polar surface area (TPSA) is 52.8 Å². The van der Waals surface area contributed by atoms with Crippen LogP contribution in [-0.2, 0) is 18.8 Å². The summed E-state index contributed by atoms with van der Waals surface area (Å²) in [4.78, 5) is 3.51. The molecular formula is C18H14ClF5N4O. The summed E-state index contributed by atoms with van der Waals surface area (Å²) >= 11 is 5.60. The van der Waals surface area contributed by atoms with Crippen LogP contribution in [-0.4, -0.2) is 19.7 Å². The SMILES string of the molecule is Cn1c(-c2ccncc2C(F)(F)F)nnc1C(C)(C)Oc1c(F)cc(Cl)cc1F. The number of nitrogens with zero attached hydrogens (tertiary/aromatic N) is 4. The number of alkyl halides is 3. The van der Waals surface area contributed by atoms with Crippen LogP contribution in [0.15, 0.2) is 30.6 Å². The molecule has 0 radical (unpaired) electrons. The molecule has 2 aromatic heterocycles. The molecule has 0 fully saturated rings. The summed E-state index contributed by atoms with van der Waals surface area (Å²) in [5.41, 5.74) is -2.68. The highest BCUT2D eigenvalue weighted by molar-refractivity contribution is 6.30. The Morgan fingerprint density at radius 3 is 2.28 bits per heavy atom. The molecule has 3 rings (SSSR count).